The maximum absolute atomic E-state index is 11.9. The van der Waals surface area contributed by atoms with Crippen molar-refractivity contribution in [3.63, 3.8) is 0 Å². The van der Waals surface area contributed by atoms with E-state index in [1.54, 1.807) is 0 Å². The number of hydrogen-bond acceptors (Lipinski definition) is 3. The molecule has 0 saturated heterocycles. The Morgan fingerprint density at radius 1 is 1.18 bits per heavy atom. The minimum absolute atomic E-state index is 0.0640. The lowest BCUT2D eigenvalue weighted by molar-refractivity contribution is -0.0498. The quantitative estimate of drug-likeness (QED) is 0.837. The summed E-state index contributed by atoms with van der Waals surface area (Å²) >= 11 is 0. The molecule has 0 spiro atoms. The molecule has 0 amide bonds. The van der Waals surface area contributed by atoms with Gasteiger partial charge in [-0.25, -0.2) is 0 Å². The van der Waals surface area contributed by atoms with Crippen LogP contribution < -0.4 is 10.5 Å². The number of hydrogen-bond donors (Lipinski definition) is 2. The molecule has 0 heterocycles. The number of rotatable bonds is 5. The van der Waals surface area contributed by atoms with Crippen LogP contribution in [-0.2, 0) is 0 Å². The first-order chi connectivity index (χ1) is 7.91. The molecule has 0 radical (unpaired) electrons. The van der Waals surface area contributed by atoms with E-state index >= 15 is 0 Å². The topological polar surface area (TPSA) is 55.5 Å². The van der Waals surface area contributed by atoms with E-state index in [2.05, 4.69) is 4.74 Å². The third kappa shape index (κ3) is 3.94. The van der Waals surface area contributed by atoms with Crippen molar-refractivity contribution in [3.05, 3.63) is 29.8 Å². The van der Waals surface area contributed by atoms with Gasteiger partial charge in [0.1, 0.15) is 5.75 Å². The maximum Gasteiger partial charge on any atom is 0.387 e. The molecule has 3 N–H and O–H groups in total. The summed E-state index contributed by atoms with van der Waals surface area (Å²) in [4.78, 5) is 0. The Labute approximate surface area is 99.2 Å². The minimum atomic E-state index is -2.84. The number of halogens is 2. The van der Waals surface area contributed by atoms with Gasteiger partial charge in [-0.1, -0.05) is 26.0 Å². The molecule has 1 aromatic carbocycles. The van der Waals surface area contributed by atoms with Crippen LogP contribution in [0.25, 0.3) is 0 Å². The summed E-state index contributed by atoms with van der Waals surface area (Å²) in [5.41, 5.74) is 6.40. The van der Waals surface area contributed by atoms with Crippen LogP contribution in [0.4, 0.5) is 8.78 Å². The van der Waals surface area contributed by atoms with E-state index in [1.165, 1.54) is 24.3 Å². The maximum atomic E-state index is 11.9. The predicted octanol–water partition coefficient (Wildman–Crippen LogP) is 2.30. The Morgan fingerprint density at radius 2 is 1.71 bits per heavy atom. The molecule has 2 unspecified atom stereocenters. The van der Waals surface area contributed by atoms with Gasteiger partial charge in [-0.2, -0.15) is 8.78 Å². The van der Waals surface area contributed by atoms with E-state index in [0.717, 1.165) is 0 Å². The molecule has 5 heteroatoms. The number of benzene rings is 1. The molecule has 2 atom stereocenters. The van der Waals surface area contributed by atoms with Crippen LogP contribution in [-0.4, -0.2) is 17.8 Å². The summed E-state index contributed by atoms with van der Waals surface area (Å²) in [6.45, 7) is 0.966. The highest BCUT2D eigenvalue weighted by Crippen LogP contribution is 2.23. The molecular formula is C12H17F2NO2. The SMILES string of the molecule is CC(C)C(N)C(O)c1ccc(OC(F)F)cc1. The fourth-order valence-electron chi connectivity index (χ4n) is 1.43. The van der Waals surface area contributed by atoms with Gasteiger partial charge in [0, 0.05) is 6.04 Å². The smallest absolute Gasteiger partial charge is 0.387 e. The lowest BCUT2D eigenvalue weighted by Crippen LogP contribution is -2.33. The van der Waals surface area contributed by atoms with Crippen LogP contribution in [0.5, 0.6) is 5.75 Å². The second-order valence-corrected chi connectivity index (χ2v) is 4.21. The second-order valence-electron chi connectivity index (χ2n) is 4.21. The standard InChI is InChI=1S/C12H17F2NO2/c1-7(2)10(15)11(16)8-3-5-9(6-4-8)17-12(13)14/h3-7,10-12,16H,15H2,1-2H3. The summed E-state index contributed by atoms with van der Waals surface area (Å²) < 4.78 is 28.1. The number of ether oxygens (including phenoxy) is 1. The molecule has 0 saturated carbocycles. The van der Waals surface area contributed by atoms with Gasteiger partial charge in [0.25, 0.3) is 0 Å². The highest BCUT2D eigenvalue weighted by Gasteiger charge is 2.19. The zero-order chi connectivity index (χ0) is 13.0. The van der Waals surface area contributed by atoms with Crippen LogP contribution in [0.1, 0.15) is 25.5 Å². The zero-order valence-corrected chi connectivity index (χ0v) is 9.81. The summed E-state index contributed by atoms with van der Waals surface area (Å²) in [5, 5.41) is 9.92. The van der Waals surface area contributed by atoms with Gasteiger partial charge in [-0.05, 0) is 23.6 Å². The van der Waals surface area contributed by atoms with Crippen LogP contribution in [0.2, 0.25) is 0 Å². The average Bonchev–Trinajstić information content (AvgIpc) is 2.27. The first-order valence-electron chi connectivity index (χ1n) is 5.40. The average molecular weight is 245 g/mol. The fraction of sp³-hybridized carbons (Fsp3) is 0.500. The molecular weight excluding hydrogens is 228 g/mol. The molecule has 0 aliphatic carbocycles. The van der Waals surface area contributed by atoms with Gasteiger partial charge in [-0.3, -0.25) is 0 Å². The summed E-state index contributed by atoms with van der Waals surface area (Å²) in [7, 11) is 0. The largest absolute Gasteiger partial charge is 0.435 e. The Kier molecular flexibility index (Phi) is 4.84. The van der Waals surface area contributed by atoms with E-state index in [0.29, 0.717) is 5.56 Å². The minimum Gasteiger partial charge on any atom is -0.435 e. The first kappa shape index (κ1) is 13.9. The van der Waals surface area contributed by atoms with Crippen LogP contribution in [0, 0.1) is 5.92 Å². The number of aliphatic hydroxyl groups is 1. The van der Waals surface area contributed by atoms with Gasteiger partial charge in [0.05, 0.1) is 6.10 Å². The van der Waals surface area contributed by atoms with E-state index in [1.807, 2.05) is 13.8 Å². The van der Waals surface area contributed by atoms with Crippen LogP contribution in [0.3, 0.4) is 0 Å². The molecule has 1 rings (SSSR count). The normalized spacial score (nSPS) is 15.1. The molecule has 0 aliphatic heterocycles. The second kappa shape index (κ2) is 5.93. The van der Waals surface area contributed by atoms with E-state index in [-0.39, 0.29) is 11.7 Å². The van der Waals surface area contributed by atoms with E-state index in [4.69, 9.17) is 5.73 Å². The van der Waals surface area contributed by atoms with E-state index in [9.17, 15) is 13.9 Å². The van der Waals surface area contributed by atoms with Crippen molar-refractivity contribution in [1.29, 1.82) is 0 Å². The molecule has 1 aromatic rings. The highest BCUT2D eigenvalue weighted by atomic mass is 19.3. The lowest BCUT2D eigenvalue weighted by atomic mass is 9.94. The summed E-state index contributed by atoms with van der Waals surface area (Å²) in [5.74, 6) is 0.191. The summed E-state index contributed by atoms with van der Waals surface area (Å²) in [6, 6.07) is 5.45. The number of nitrogens with two attached hydrogens (primary N) is 1. The van der Waals surface area contributed by atoms with Gasteiger partial charge in [0.2, 0.25) is 0 Å². The molecule has 3 nitrogen and oxygen atoms in total. The third-order valence-corrected chi connectivity index (χ3v) is 2.58. The van der Waals surface area contributed by atoms with Crippen molar-refractivity contribution in [3.8, 4) is 5.75 Å². The van der Waals surface area contributed by atoms with Crippen molar-refractivity contribution in [1.82, 2.24) is 0 Å². The Balaban J connectivity index is 2.73. The van der Waals surface area contributed by atoms with Gasteiger partial charge >= 0.3 is 6.61 Å². The fourth-order valence-corrected chi connectivity index (χ4v) is 1.43. The van der Waals surface area contributed by atoms with Crippen molar-refractivity contribution >= 4 is 0 Å². The Hall–Kier alpha value is -1.20. The van der Waals surface area contributed by atoms with Gasteiger partial charge < -0.3 is 15.6 Å². The third-order valence-electron chi connectivity index (χ3n) is 2.58. The van der Waals surface area contributed by atoms with Crippen molar-refractivity contribution < 1.29 is 18.6 Å². The monoisotopic (exact) mass is 245 g/mol. The van der Waals surface area contributed by atoms with Crippen molar-refractivity contribution in [2.75, 3.05) is 0 Å². The Bertz CT molecular complexity index is 341. The predicted molar refractivity (Wildman–Crippen MR) is 60.8 cm³/mol. The molecule has 0 fully saturated rings. The van der Waals surface area contributed by atoms with Crippen LogP contribution >= 0.6 is 0 Å². The van der Waals surface area contributed by atoms with Gasteiger partial charge in [-0.15, -0.1) is 0 Å². The number of aliphatic hydroxyl groups excluding tert-OH is 1. The zero-order valence-electron chi connectivity index (χ0n) is 9.81. The van der Waals surface area contributed by atoms with Crippen molar-refractivity contribution in [2.45, 2.75) is 32.6 Å². The Morgan fingerprint density at radius 3 is 2.12 bits per heavy atom. The molecule has 96 valence electrons. The molecule has 0 bridgehead atoms. The molecule has 0 aliphatic rings. The lowest BCUT2D eigenvalue weighted by Gasteiger charge is -2.22. The van der Waals surface area contributed by atoms with Crippen molar-refractivity contribution in [2.24, 2.45) is 11.7 Å². The molecule has 0 aromatic heterocycles. The summed E-state index contributed by atoms with van der Waals surface area (Å²) in [6.07, 6.45) is -0.810. The number of alkyl halides is 2. The van der Waals surface area contributed by atoms with Gasteiger partial charge in [0.15, 0.2) is 0 Å². The highest BCUT2D eigenvalue weighted by molar-refractivity contribution is 5.29. The first-order valence-corrected chi connectivity index (χ1v) is 5.40. The van der Waals surface area contributed by atoms with Crippen LogP contribution in [0.15, 0.2) is 24.3 Å². The van der Waals surface area contributed by atoms with E-state index < -0.39 is 18.8 Å². The molecule has 17 heavy (non-hydrogen) atoms.